The summed E-state index contributed by atoms with van der Waals surface area (Å²) in [5.41, 5.74) is 4.28. The number of benzene rings is 1. The van der Waals surface area contributed by atoms with Crippen LogP contribution >= 0.6 is 0 Å². The molecule has 136 valence electrons. The van der Waals surface area contributed by atoms with E-state index in [9.17, 15) is 9.59 Å². The molecule has 2 aromatic rings. The smallest absolute Gasteiger partial charge is 0.228 e. The Kier molecular flexibility index (Phi) is 5.35. The van der Waals surface area contributed by atoms with Crippen LogP contribution in [0, 0.1) is 25.7 Å². The van der Waals surface area contributed by atoms with Crippen molar-refractivity contribution < 1.29 is 9.59 Å². The number of rotatable bonds is 6. The number of hydrogen-bond donors (Lipinski definition) is 1. The Balaban J connectivity index is 1.49. The first-order valence-electron chi connectivity index (χ1n) is 8.97. The van der Waals surface area contributed by atoms with E-state index in [0.29, 0.717) is 13.0 Å². The molecular weight excluding hydrogens is 326 g/mol. The molecule has 3 rings (SSSR count). The molecular formula is C21H25N3O2. The number of aryl methyl sites for hydroxylation is 2. The summed E-state index contributed by atoms with van der Waals surface area (Å²) >= 11 is 0. The van der Waals surface area contributed by atoms with Gasteiger partial charge in [-0.3, -0.25) is 14.6 Å². The molecule has 1 fully saturated rings. The fourth-order valence-corrected chi connectivity index (χ4v) is 3.05. The SMILES string of the molecule is Cc1ccc(NC(=O)C2CC2C(=O)N(C)CCc2ccncc2)cc1C. The maximum absolute atomic E-state index is 12.5. The highest BCUT2D eigenvalue weighted by molar-refractivity contribution is 5.99. The molecule has 2 atom stereocenters. The molecule has 1 saturated carbocycles. The van der Waals surface area contributed by atoms with Crippen LogP contribution in [-0.4, -0.2) is 35.3 Å². The van der Waals surface area contributed by atoms with Crippen LogP contribution in [0.1, 0.15) is 23.1 Å². The van der Waals surface area contributed by atoms with Gasteiger partial charge in [0.05, 0.1) is 11.8 Å². The van der Waals surface area contributed by atoms with E-state index in [1.54, 1.807) is 24.3 Å². The average Bonchev–Trinajstić information content (AvgIpc) is 3.44. The number of nitrogens with zero attached hydrogens (tertiary/aromatic N) is 2. The van der Waals surface area contributed by atoms with E-state index in [1.807, 2.05) is 44.2 Å². The van der Waals surface area contributed by atoms with Gasteiger partial charge in [0.25, 0.3) is 0 Å². The van der Waals surface area contributed by atoms with Crippen molar-refractivity contribution in [3.63, 3.8) is 0 Å². The molecule has 2 unspecified atom stereocenters. The molecule has 5 nitrogen and oxygen atoms in total. The standard InChI is InChI=1S/C21H25N3O2/c1-14-4-5-17(12-15(14)2)23-20(25)18-13-19(18)21(26)24(3)11-8-16-6-9-22-10-7-16/h4-7,9-10,12,18-19H,8,11,13H2,1-3H3,(H,23,25). The molecule has 0 aliphatic heterocycles. The Hall–Kier alpha value is -2.69. The topological polar surface area (TPSA) is 62.3 Å². The van der Waals surface area contributed by atoms with E-state index < -0.39 is 0 Å². The fourth-order valence-electron chi connectivity index (χ4n) is 3.05. The van der Waals surface area contributed by atoms with Crippen LogP contribution in [0.5, 0.6) is 0 Å². The number of amides is 2. The molecule has 1 heterocycles. The van der Waals surface area contributed by atoms with Crippen molar-refractivity contribution in [2.75, 3.05) is 18.9 Å². The van der Waals surface area contributed by atoms with E-state index in [4.69, 9.17) is 0 Å². The molecule has 0 saturated heterocycles. The normalized spacial score (nSPS) is 18.3. The lowest BCUT2D eigenvalue weighted by Crippen LogP contribution is -2.31. The minimum atomic E-state index is -0.215. The number of hydrogen-bond acceptors (Lipinski definition) is 3. The molecule has 0 radical (unpaired) electrons. The van der Waals surface area contributed by atoms with Crippen LogP contribution in [0.25, 0.3) is 0 Å². The van der Waals surface area contributed by atoms with Crippen LogP contribution in [0.15, 0.2) is 42.7 Å². The zero-order valence-corrected chi connectivity index (χ0v) is 15.5. The molecule has 26 heavy (non-hydrogen) atoms. The monoisotopic (exact) mass is 351 g/mol. The van der Waals surface area contributed by atoms with Crippen molar-refractivity contribution in [2.24, 2.45) is 11.8 Å². The van der Waals surface area contributed by atoms with Gasteiger partial charge in [0.15, 0.2) is 0 Å². The molecule has 1 aliphatic carbocycles. The number of likely N-dealkylation sites (N-methyl/N-ethyl adjacent to an activating group) is 1. The van der Waals surface area contributed by atoms with E-state index in [1.165, 1.54) is 5.56 Å². The Bertz CT molecular complexity index is 804. The largest absolute Gasteiger partial charge is 0.345 e. The number of pyridine rings is 1. The first-order valence-corrected chi connectivity index (χ1v) is 8.97. The quantitative estimate of drug-likeness (QED) is 0.870. The summed E-state index contributed by atoms with van der Waals surface area (Å²) in [5.74, 6) is -0.412. The molecule has 5 heteroatoms. The van der Waals surface area contributed by atoms with Crippen molar-refractivity contribution in [3.05, 3.63) is 59.4 Å². The van der Waals surface area contributed by atoms with Crippen molar-refractivity contribution in [1.29, 1.82) is 0 Å². The van der Waals surface area contributed by atoms with E-state index in [-0.39, 0.29) is 23.7 Å². The van der Waals surface area contributed by atoms with Gasteiger partial charge in [-0.1, -0.05) is 6.07 Å². The first kappa shape index (κ1) is 18.1. The average molecular weight is 351 g/mol. The molecule has 0 bridgehead atoms. The Labute approximate surface area is 154 Å². The summed E-state index contributed by atoms with van der Waals surface area (Å²) in [5, 5.41) is 2.94. The van der Waals surface area contributed by atoms with E-state index in [0.717, 1.165) is 23.2 Å². The van der Waals surface area contributed by atoms with Gasteiger partial charge in [-0.05, 0) is 67.6 Å². The lowest BCUT2D eigenvalue weighted by atomic mass is 10.1. The summed E-state index contributed by atoms with van der Waals surface area (Å²) < 4.78 is 0. The minimum absolute atomic E-state index is 0.0549. The number of anilines is 1. The Morgan fingerprint density at radius 3 is 2.54 bits per heavy atom. The van der Waals surface area contributed by atoms with Crippen molar-refractivity contribution in [2.45, 2.75) is 26.7 Å². The van der Waals surface area contributed by atoms with Crippen molar-refractivity contribution in [1.82, 2.24) is 9.88 Å². The summed E-state index contributed by atoms with van der Waals surface area (Å²) in [4.78, 5) is 30.7. The maximum Gasteiger partial charge on any atom is 0.228 e. The highest BCUT2D eigenvalue weighted by atomic mass is 16.2. The predicted octanol–water partition coefficient (Wildman–Crippen LogP) is 2.97. The fraction of sp³-hybridized carbons (Fsp3) is 0.381. The summed E-state index contributed by atoms with van der Waals surface area (Å²) in [6.45, 7) is 4.70. The zero-order valence-electron chi connectivity index (χ0n) is 15.5. The predicted molar refractivity (Wildman–Crippen MR) is 102 cm³/mol. The molecule has 2 amide bonds. The molecule has 0 spiro atoms. The third kappa shape index (κ3) is 4.28. The molecule has 1 aliphatic rings. The van der Waals surface area contributed by atoms with E-state index in [2.05, 4.69) is 10.3 Å². The summed E-state index contributed by atoms with van der Waals surface area (Å²) in [7, 11) is 1.81. The number of carbonyl (C=O) groups is 2. The van der Waals surface area contributed by atoms with Gasteiger partial charge in [-0.25, -0.2) is 0 Å². The molecule has 1 aromatic carbocycles. The summed E-state index contributed by atoms with van der Waals surface area (Å²) in [6.07, 6.45) is 4.93. The highest BCUT2D eigenvalue weighted by Gasteiger charge is 2.48. The second-order valence-corrected chi connectivity index (χ2v) is 7.10. The minimum Gasteiger partial charge on any atom is -0.345 e. The van der Waals surface area contributed by atoms with Crippen LogP contribution in [-0.2, 0) is 16.0 Å². The molecule has 1 aromatic heterocycles. The van der Waals surface area contributed by atoms with Gasteiger partial charge in [0, 0.05) is 31.7 Å². The van der Waals surface area contributed by atoms with Crippen LogP contribution in [0.3, 0.4) is 0 Å². The van der Waals surface area contributed by atoms with Gasteiger partial charge in [0.2, 0.25) is 11.8 Å². The van der Waals surface area contributed by atoms with Crippen LogP contribution < -0.4 is 5.32 Å². The van der Waals surface area contributed by atoms with Crippen LogP contribution in [0.4, 0.5) is 5.69 Å². The van der Waals surface area contributed by atoms with Gasteiger partial charge >= 0.3 is 0 Å². The second kappa shape index (κ2) is 7.68. The number of carbonyl (C=O) groups excluding carboxylic acids is 2. The Morgan fingerprint density at radius 1 is 1.12 bits per heavy atom. The lowest BCUT2D eigenvalue weighted by Gasteiger charge is -2.17. The molecule has 1 N–H and O–H groups in total. The second-order valence-electron chi connectivity index (χ2n) is 7.10. The number of nitrogens with one attached hydrogen (secondary N) is 1. The van der Waals surface area contributed by atoms with Crippen LogP contribution in [0.2, 0.25) is 0 Å². The van der Waals surface area contributed by atoms with Crippen molar-refractivity contribution >= 4 is 17.5 Å². The third-order valence-corrected chi connectivity index (χ3v) is 5.08. The third-order valence-electron chi connectivity index (χ3n) is 5.08. The van der Waals surface area contributed by atoms with Gasteiger partial charge < -0.3 is 10.2 Å². The van der Waals surface area contributed by atoms with Gasteiger partial charge in [-0.15, -0.1) is 0 Å². The van der Waals surface area contributed by atoms with Crippen molar-refractivity contribution in [3.8, 4) is 0 Å². The van der Waals surface area contributed by atoms with Gasteiger partial charge in [0.1, 0.15) is 0 Å². The highest BCUT2D eigenvalue weighted by Crippen LogP contribution is 2.40. The zero-order chi connectivity index (χ0) is 18.7. The first-order chi connectivity index (χ1) is 12.5. The number of aromatic nitrogens is 1. The van der Waals surface area contributed by atoms with Gasteiger partial charge in [-0.2, -0.15) is 0 Å². The maximum atomic E-state index is 12.5. The lowest BCUT2D eigenvalue weighted by molar-refractivity contribution is -0.132. The van der Waals surface area contributed by atoms with E-state index >= 15 is 0 Å². The Morgan fingerprint density at radius 2 is 1.85 bits per heavy atom. The summed E-state index contributed by atoms with van der Waals surface area (Å²) in [6, 6.07) is 9.77.